The lowest BCUT2D eigenvalue weighted by atomic mass is 9.64. The molecule has 138 valence electrons. The monoisotopic (exact) mass is 373 g/mol. The highest BCUT2D eigenvalue weighted by molar-refractivity contribution is 6.30. The van der Waals surface area contributed by atoms with E-state index in [0.717, 1.165) is 37.1 Å². The van der Waals surface area contributed by atoms with Gasteiger partial charge in [0.2, 0.25) is 17.7 Å². The minimum Gasteiger partial charge on any atom is -0.424 e. The van der Waals surface area contributed by atoms with E-state index in [1.807, 2.05) is 24.3 Å². The zero-order chi connectivity index (χ0) is 18.0. The molecule has 4 rings (SSSR count). The van der Waals surface area contributed by atoms with Gasteiger partial charge < -0.3 is 9.73 Å². The summed E-state index contributed by atoms with van der Waals surface area (Å²) in [6, 6.07) is 8.24. The molecule has 6 heteroatoms. The molecular formula is C20H24ClN3O2. The first-order valence-electron chi connectivity index (χ1n) is 9.54. The van der Waals surface area contributed by atoms with Crippen molar-refractivity contribution in [3.8, 4) is 0 Å². The predicted octanol–water partition coefficient (Wildman–Crippen LogP) is 4.18. The number of aryl methyl sites for hydroxylation is 1. The molecule has 0 saturated heterocycles. The molecule has 0 spiro atoms. The van der Waals surface area contributed by atoms with Gasteiger partial charge in [-0.1, -0.05) is 43.0 Å². The molecule has 0 aliphatic heterocycles. The number of aromatic nitrogens is 2. The molecule has 0 bridgehead atoms. The maximum Gasteiger partial charge on any atom is 0.227 e. The summed E-state index contributed by atoms with van der Waals surface area (Å²) in [6.45, 7) is 0. The second kappa shape index (κ2) is 7.39. The van der Waals surface area contributed by atoms with E-state index in [0.29, 0.717) is 30.7 Å². The number of nitrogens with one attached hydrogen (secondary N) is 1. The lowest BCUT2D eigenvalue weighted by molar-refractivity contribution is -0.121. The van der Waals surface area contributed by atoms with Gasteiger partial charge in [-0.05, 0) is 43.4 Å². The highest BCUT2D eigenvalue weighted by Gasteiger charge is 2.45. The molecule has 1 aromatic heterocycles. The summed E-state index contributed by atoms with van der Waals surface area (Å²) in [5, 5.41) is 12.3. The van der Waals surface area contributed by atoms with E-state index in [4.69, 9.17) is 16.0 Å². The number of nitrogens with zero attached hydrogens (tertiary/aromatic N) is 2. The van der Waals surface area contributed by atoms with Crippen molar-refractivity contribution in [1.29, 1.82) is 0 Å². The van der Waals surface area contributed by atoms with Gasteiger partial charge >= 0.3 is 0 Å². The zero-order valence-corrected chi connectivity index (χ0v) is 15.6. The van der Waals surface area contributed by atoms with Crippen LogP contribution in [-0.2, 0) is 16.6 Å². The maximum atomic E-state index is 12.1. The van der Waals surface area contributed by atoms with Crippen LogP contribution in [0.25, 0.3) is 0 Å². The van der Waals surface area contributed by atoms with Crippen LogP contribution in [0, 0.1) is 0 Å². The molecule has 1 amide bonds. The number of carbonyl (C=O) groups excluding carboxylic acids is 1. The highest BCUT2D eigenvalue weighted by Crippen LogP contribution is 2.48. The fourth-order valence-electron chi connectivity index (χ4n) is 4.06. The number of hydrogen-bond acceptors (Lipinski definition) is 4. The molecule has 0 radical (unpaired) electrons. The molecule has 1 heterocycles. The van der Waals surface area contributed by atoms with E-state index in [9.17, 15) is 4.79 Å². The van der Waals surface area contributed by atoms with E-state index >= 15 is 0 Å². The van der Waals surface area contributed by atoms with Crippen molar-refractivity contribution in [2.24, 2.45) is 0 Å². The summed E-state index contributed by atoms with van der Waals surface area (Å²) in [6.07, 6.45) is 8.64. The summed E-state index contributed by atoms with van der Waals surface area (Å²) in [7, 11) is 0. The Kier molecular flexibility index (Phi) is 4.98. The molecule has 26 heavy (non-hydrogen) atoms. The number of carbonyl (C=O) groups is 1. The maximum absolute atomic E-state index is 12.1. The number of hydrogen-bond donors (Lipinski definition) is 1. The Bertz CT molecular complexity index is 762. The van der Waals surface area contributed by atoms with Gasteiger partial charge in [-0.2, -0.15) is 0 Å². The van der Waals surface area contributed by atoms with E-state index in [1.165, 1.54) is 18.4 Å². The van der Waals surface area contributed by atoms with Crippen molar-refractivity contribution in [1.82, 2.24) is 15.5 Å². The van der Waals surface area contributed by atoms with Crippen LogP contribution < -0.4 is 5.32 Å². The number of benzene rings is 1. The van der Waals surface area contributed by atoms with Gasteiger partial charge in [-0.3, -0.25) is 4.79 Å². The van der Waals surface area contributed by atoms with Gasteiger partial charge in [0.15, 0.2) is 0 Å². The second-order valence-corrected chi connectivity index (χ2v) is 7.93. The average Bonchev–Trinajstić information content (AvgIpc) is 3.26. The van der Waals surface area contributed by atoms with Crippen LogP contribution in [0.15, 0.2) is 28.7 Å². The predicted molar refractivity (Wildman–Crippen MR) is 99.1 cm³/mol. The van der Waals surface area contributed by atoms with Crippen molar-refractivity contribution in [3.05, 3.63) is 46.6 Å². The van der Waals surface area contributed by atoms with Gasteiger partial charge in [0.05, 0.1) is 5.41 Å². The molecule has 2 aliphatic carbocycles. The Morgan fingerprint density at radius 1 is 1.15 bits per heavy atom. The minimum atomic E-state index is -0.193. The van der Waals surface area contributed by atoms with Crippen LogP contribution in [0.5, 0.6) is 0 Å². The van der Waals surface area contributed by atoms with Crippen molar-refractivity contribution in [2.75, 3.05) is 0 Å². The summed E-state index contributed by atoms with van der Waals surface area (Å²) < 4.78 is 5.96. The third-order valence-electron chi connectivity index (χ3n) is 5.77. The fourth-order valence-corrected chi connectivity index (χ4v) is 4.19. The van der Waals surface area contributed by atoms with E-state index in [-0.39, 0.29) is 11.3 Å². The standard InChI is InChI=1S/C20H24ClN3O2/c21-15-8-6-14(7-9-15)20(12-3-13-20)19-24-23-18(26-19)11-10-17(25)22-16-4-1-2-5-16/h6-9,16H,1-5,10-13H2,(H,22,25). The lowest BCUT2D eigenvalue weighted by Crippen LogP contribution is -2.35. The van der Waals surface area contributed by atoms with E-state index in [1.54, 1.807) is 0 Å². The summed E-state index contributed by atoms with van der Waals surface area (Å²) >= 11 is 6.02. The SMILES string of the molecule is O=C(CCc1nnc(C2(c3ccc(Cl)cc3)CCC2)o1)NC1CCCC1. The number of halogens is 1. The average molecular weight is 374 g/mol. The Balaban J connectivity index is 1.40. The largest absolute Gasteiger partial charge is 0.424 e. The Morgan fingerprint density at radius 2 is 1.88 bits per heavy atom. The van der Waals surface area contributed by atoms with Crippen LogP contribution in [0.2, 0.25) is 5.02 Å². The Labute approximate surface area is 158 Å². The molecule has 0 atom stereocenters. The molecule has 5 nitrogen and oxygen atoms in total. The van der Waals surface area contributed by atoms with Crippen molar-refractivity contribution in [2.45, 2.75) is 69.2 Å². The number of amides is 1. The topological polar surface area (TPSA) is 68.0 Å². The molecule has 2 fully saturated rings. The molecule has 1 N–H and O–H groups in total. The van der Waals surface area contributed by atoms with Crippen LogP contribution in [0.3, 0.4) is 0 Å². The number of rotatable bonds is 6. The van der Waals surface area contributed by atoms with Crippen LogP contribution in [0.4, 0.5) is 0 Å². The normalized spacial score (nSPS) is 19.3. The van der Waals surface area contributed by atoms with Gasteiger partial charge in [0.25, 0.3) is 0 Å². The van der Waals surface area contributed by atoms with Crippen molar-refractivity contribution in [3.63, 3.8) is 0 Å². The smallest absolute Gasteiger partial charge is 0.227 e. The van der Waals surface area contributed by atoms with Crippen molar-refractivity contribution < 1.29 is 9.21 Å². The summed E-state index contributed by atoms with van der Waals surface area (Å²) in [5.74, 6) is 1.28. The molecule has 2 aromatic rings. The minimum absolute atomic E-state index is 0.0766. The first kappa shape index (κ1) is 17.5. The second-order valence-electron chi connectivity index (χ2n) is 7.49. The molecule has 0 unspecified atom stereocenters. The van der Waals surface area contributed by atoms with Crippen LogP contribution in [0.1, 0.15) is 68.7 Å². The van der Waals surface area contributed by atoms with Crippen LogP contribution >= 0.6 is 11.6 Å². The fraction of sp³-hybridized carbons (Fsp3) is 0.550. The zero-order valence-electron chi connectivity index (χ0n) is 14.8. The van der Waals surface area contributed by atoms with E-state index < -0.39 is 0 Å². The summed E-state index contributed by atoms with van der Waals surface area (Å²) in [4.78, 5) is 12.1. The Hall–Kier alpha value is -1.88. The first-order chi connectivity index (χ1) is 12.7. The van der Waals surface area contributed by atoms with Gasteiger partial charge in [0, 0.05) is 23.9 Å². The van der Waals surface area contributed by atoms with Gasteiger partial charge in [-0.25, -0.2) is 0 Å². The van der Waals surface area contributed by atoms with Crippen LogP contribution in [-0.4, -0.2) is 22.1 Å². The molecular weight excluding hydrogens is 350 g/mol. The quantitative estimate of drug-likeness (QED) is 0.824. The highest BCUT2D eigenvalue weighted by atomic mass is 35.5. The Morgan fingerprint density at radius 3 is 2.54 bits per heavy atom. The van der Waals surface area contributed by atoms with Gasteiger partial charge in [-0.15, -0.1) is 10.2 Å². The van der Waals surface area contributed by atoms with E-state index in [2.05, 4.69) is 15.5 Å². The summed E-state index contributed by atoms with van der Waals surface area (Å²) in [5.41, 5.74) is 0.976. The molecule has 2 saturated carbocycles. The first-order valence-corrected chi connectivity index (χ1v) is 9.92. The molecule has 2 aliphatic rings. The third kappa shape index (κ3) is 3.50. The third-order valence-corrected chi connectivity index (χ3v) is 6.02. The molecule has 1 aromatic carbocycles. The van der Waals surface area contributed by atoms with Gasteiger partial charge in [0.1, 0.15) is 0 Å². The lowest BCUT2D eigenvalue weighted by Gasteiger charge is -2.39. The van der Waals surface area contributed by atoms with Crippen molar-refractivity contribution >= 4 is 17.5 Å².